The summed E-state index contributed by atoms with van der Waals surface area (Å²) in [5.74, 6) is -0.946. The summed E-state index contributed by atoms with van der Waals surface area (Å²) in [6.45, 7) is 2.94. The molecular formula is C16H30N2O7. The third-order valence-corrected chi connectivity index (χ3v) is 3.73. The lowest BCUT2D eigenvalue weighted by Crippen LogP contribution is -2.39. The molecular weight excluding hydrogens is 332 g/mol. The monoisotopic (exact) mass is 362 g/mol. The SMILES string of the molecule is COC(=O)CCN(CCO)CCN(CCC(=O)OC)CCC(=O)OC. The summed E-state index contributed by atoms with van der Waals surface area (Å²) in [7, 11) is 3.99. The molecule has 0 saturated heterocycles. The smallest absolute Gasteiger partial charge is 0.306 e. The second-order valence-corrected chi connectivity index (χ2v) is 5.39. The molecule has 1 N–H and O–H groups in total. The number of carbonyl (C=O) groups excluding carboxylic acids is 3. The number of rotatable bonds is 14. The first-order valence-corrected chi connectivity index (χ1v) is 8.22. The zero-order chi connectivity index (χ0) is 19.1. The van der Waals surface area contributed by atoms with Crippen molar-refractivity contribution in [3.05, 3.63) is 0 Å². The number of hydrogen-bond donors (Lipinski definition) is 1. The van der Waals surface area contributed by atoms with Crippen molar-refractivity contribution in [3.63, 3.8) is 0 Å². The van der Waals surface area contributed by atoms with Crippen LogP contribution in [0, 0.1) is 0 Å². The molecule has 0 aliphatic heterocycles. The number of nitrogens with zero attached hydrogens (tertiary/aromatic N) is 2. The zero-order valence-corrected chi connectivity index (χ0v) is 15.4. The van der Waals surface area contributed by atoms with Crippen LogP contribution in [0.25, 0.3) is 0 Å². The molecule has 0 aromatic rings. The van der Waals surface area contributed by atoms with Gasteiger partial charge in [-0.15, -0.1) is 0 Å². The Hall–Kier alpha value is -1.71. The van der Waals surface area contributed by atoms with E-state index in [1.165, 1.54) is 21.3 Å². The molecule has 9 heteroatoms. The summed E-state index contributed by atoms with van der Waals surface area (Å²) in [6.07, 6.45) is 0.681. The molecule has 0 rings (SSSR count). The Labute approximate surface area is 148 Å². The molecule has 0 spiro atoms. The highest BCUT2D eigenvalue weighted by Gasteiger charge is 2.14. The van der Waals surface area contributed by atoms with Crippen molar-refractivity contribution >= 4 is 17.9 Å². The fourth-order valence-electron chi connectivity index (χ4n) is 2.15. The van der Waals surface area contributed by atoms with Crippen molar-refractivity contribution in [2.75, 3.05) is 67.2 Å². The molecule has 9 nitrogen and oxygen atoms in total. The Balaban J connectivity index is 4.50. The number of ether oxygens (including phenoxy) is 3. The minimum Gasteiger partial charge on any atom is -0.469 e. The molecule has 0 fully saturated rings. The van der Waals surface area contributed by atoms with Gasteiger partial charge in [0, 0.05) is 39.3 Å². The topological polar surface area (TPSA) is 106 Å². The van der Waals surface area contributed by atoms with Crippen LogP contribution in [-0.2, 0) is 28.6 Å². The van der Waals surface area contributed by atoms with Gasteiger partial charge in [-0.2, -0.15) is 0 Å². The highest BCUT2D eigenvalue weighted by molar-refractivity contribution is 5.70. The molecule has 146 valence electrons. The van der Waals surface area contributed by atoms with E-state index in [0.29, 0.717) is 39.3 Å². The standard InChI is InChI=1S/C16H30N2O7/c1-23-14(20)4-7-17(8-5-15(21)24-2)10-11-18(12-13-19)9-6-16(22)25-3/h19H,4-13H2,1-3H3. The van der Waals surface area contributed by atoms with Crippen LogP contribution in [0.1, 0.15) is 19.3 Å². The molecule has 0 aliphatic rings. The second-order valence-electron chi connectivity index (χ2n) is 5.39. The van der Waals surface area contributed by atoms with Gasteiger partial charge in [0.25, 0.3) is 0 Å². The number of carbonyl (C=O) groups is 3. The van der Waals surface area contributed by atoms with Gasteiger partial charge < -0.3 is 24.2 Å². The van der Waals surface area contributed by atoms with Gasteiger partial charge in [-0.3, -0.25) is 19.3 Å². The van der Waals surface area contributed by atoms with Crippen molar-refractivity contribution in [2.24, 2.45) is 0 Å². The molecule has 0 radical (unpaired) electrons. The van der Waals surface area contributed by atoms with Gasteiger partial charge in [-0.1, -0.05) is 0 Å². The summed E-state index contributed by atoms with van der Waals surface area (Å²) >= 11 is 0. The maximum absolute atomic E-state index is 11.3. The number of aliphatic hydroxyl groups is 1. The van der Waals surface area contributed by atoms with Crippen molar-refractivity contribution < 1.29 is 33.7 Å². The summed E-state index contributed by atoms with van der Waals surface area (Å²) in [5.41, 5.74) is 0. The molecule has 0 saturated carbocycles. The number of methoxy groups -OCH3 is 3. The van der Waals surface area contributed by atoms with E-state index in [-0.39, 0.29) is 43.8 Å². The lowest BCUT2D eigenvalue weighted by molar-refractivity contribution is -0.142. The molecule has 0 heterocycles. The molecule has 0 amide bonds. The van der Waals surface area contributed by atoms with E-state index >= 15 is 0 Å². The van der Waals surface area contributed by atoms with Gasteiger partial charge in [-0.05, 0) is 0 Å². The van der Waals surface area contributed by atoms with Gasteiger partial charge >= 0.3 is 17.9 Å². The minimum atomic E-state index is -0.319. The molecule has 25 heavy (non-hydrogen) atoms. The van der Waals surface area contributed by atoms with Crippen LogP contribution in [0.4, 0.5) is 0 Å². The average Bonchev–Trinajstić information content (AvgIpc) is 2.63. The van der Waals surface area contributed by atoms with Crippen molar-refractivity contribution in [3.8, 4) is 0 Å². The molecule has 0 aliphatic carbocycles. The number of hydrogen-bond acceptors (Lipinski definition) is 9. The Morgan fingerprint density at radius 2 is 0.960 bits per heavy atom. The molecule has 0 unspecified atom stereocenters. The maximum atomic E-state index is 11.3. The molecule has 0 atom stereocenters. The molecule has 0 aromatic carbocycles. The Morgan fingerprint density at radius 1 is 0.640 bits per heavy atom. The Kier molecular flexibility index (Phi) is 13.6. The normalized spacial score (nSPS) is 10.8. The van der Waals surface area contributed by atoms with Gasteiger partial charge in [0.1, 0.15) is 0 Å². The van der Waals surface area contributed by atoms with E-state index in [9.17, 15) is 14.4 Å². The summed E-state index contributed by atoms with van der Waals surface area (Å²) in [6, 6.07) is 0. The van der Waals surface area contributed by atoms with Crippen LogP contribution in [-0.4, -0.2) is 100 Å². The van der Waals surface area contributed by atoms with E-state index in [2.05, 4.69) is 14.2 Å². The lowest BCUT2D eigenvalue weighted by Gasteiger charge is -2.26. The van der Waals surface area contributed by atoms with E-state index in [1.807, 2.05) is 9.80 Å². The predicted octanol–water partition coefficient (Wildman–Crippen LogP) is -0.728. The van der Waals surface area contributed by atoms with Gasteiger partial charge in [0.15, 0.2) is 0 Å². The van der Waals surface area contributed by atoms with E-state index in [0.717, 1.165) is 0 Å². The predicted molar refractivity (Wildman–Crippen MR) is 89.9 cm³/mol. The first kappa shape index (κ1) is 23.3. The highest BCUT2D eigenvalue weighted by Crippen LogP contribution is 2.00. The number of esters is 3. The fourth-order valence-corrected chi connectivity index (χ4v) is 2.15. The summed E-state index contributed by atoms with van der Waals surface area (Å²) < 4.78 is 13.9. The van der Waals surface area contributed by atoms with E-state index in [4.69, 9.17) is 5.11 Å². The van der Waals surface area contributed by atoms with Crippen LogP contribution >= 0.6 is 0 Å². The molecule has 0 bridgehead atoms. The Morgan fingerprint density at radius 3 is 1.24 bits per heavy atom. The summed E-state index contributed by atoms with van der Waals surface area (Å²) in [5, 5.41) is 9.15. The Bertz CT molecular complexity index is 384. The van der Waals surface area contributed by atoms with Gasteiger partial charge in [0.2, 0.25) is 0 Å². The first-order valence-electron chi connectivity index (χ1n) is 8.22. The third-order valence-electron chi connectivity index (χ3n) is 3.73. The average molecular weight is 362 g/mol. The van der Waals surface area contributed by atoms with Crippen LogP contribution in [0.2, 0.25) is 0 Å². The summed E-state index contributed by atoms with van der Waals surface area (Å²) in [4.78, 5) is 37.8. The second kappa shape index (κ2) is 14.6. The van der Waals surface area contributed by atoms with Gasteiger partial charge in [-0.25, -0.2) is 0 Å². The largest absolute Gasteiger partial charge is 0.469 e. The van der Waals surface area contributed by atoms with Crippen molar-refractivity contribution in [1.82, 2.24) is 9.80 Å². The quantitative estimate of drug-likeness (QED) is 0.316. The van der Waals surface area contributed by atoms with Crippen molar-refractivity contribution in [1.29, 1.82) is 0 Å². The minimum absolute atomic E-state index is 0.0223. The van der Waals surface area contributed by atoms with Crippen LogP contribution in [0.3, 0.4) is 0 Å². The van der Waals surface area contributed by atoms with Crippen LogP contribution in [0.5, 0.6) is 0 Å². The maximum Gasteiger partial charge on any atom is 0.306 e. The van der Waals surface area contributed by atoms with Crippen molar-refractivity contribution in [2.45, 2.75) is 19.3 Å². The number of aliphatic hydroxyl groups excluding tert-OH is 1. The van der Waals surface area contributed by atoms with E-state index < -0.39 is 0 Å². The lowest BCUT2D eigenvalue weighted by atomic mass is 10.3. The molecule has 0 aromatic heterocycles. The highest BCUT2D eigenvalue weighted by atomic mass is 16.5. The van der Waals surface area contributed by atoms with Gasteiger partial charge in [0.05, 0.1) is 47.2 Å². The zero-order valence-electron chi connectivity index (χ0n) is 15.4. The third kappa shape index (κ3) is 12.3. The van der Waals surface area contributed by atoms with E-state index in [1.54, 1.807) is 0 Å². The van der Waals surface area contributed by atoms with Crippen LogP contribution < -0.4 is 0 Å². The first-order chi connectivity index (χ1) is 12.0. The van der Waals surface area contributed by atoms with Crippen LogP contribution in [0.15, 0.2) is 0 Å². The fraction of sp³-hybridized carbons (Fsp3) is 0.812.